The zero-order chi connectivity index (χ0) is 21.1. The van der Waals surface area contributed by atoms with E-state index >= 15 is 0 Å². The molecular formula is C16H21F3N2O6S. The molecule has 1 fully saturated rings. The zero-order valence-electron chi connectivity index (χ0n) is 15.4. The van der Waals surface area contributed by atoms with E-state index in [-0.39, 0.29) is 22.2 Å². The SMILES string of the molecule is CCOC(=O)CN(CC(F)(F)F)C(=O)c1cc(S(=O)(=O)N2CCCC2)c(C)o1. The molecule has 0 aromatic carbocycles. The van der Waals surface area contributed by atoms with E-state index < -0.39 is 46.9 Å². The van der Waals surface area contributed by atoms with Crippen LogP contribution in [0.5, 0.6) is 0 Å². The average molecular weight is 426 g/mol. The van der Waals surface area contributed by atoms with Crippen LogP contribution in [-0.4, -0.2) is 68.5 Å². The molecule has 2 heterocycles. The molecule has 0 saturated carbocycles. The van der Waals surface area contributed by atoms with Crippen molar-refractivity contribution in [2.75, 3.05) is 32.8 Å². The molecule has 1 aromatic rings. The Morgan fingerprint density at radius 2 is 1.89 bits per heavy atom. The molecule has 28 heavy (non-hydrogen) atoms. The normalized spacial score (nSPS) is 15.6. The molecule has 0 aliphatic carbocycles. The molecule has 0 spiro atoms. The second kappa shape index (κ2) is 8.52. The average Bonchev–Trinajstić information content (AvgIpc) is 3.22. The van der Waals surface area contributed by atoms with Crippen LogP contribution in [0.4, 0.5) is 13.2 Å². The number of hydrogen-bond acceptors (Lipinski definition) is 6. The number of sulfonamides is 1. The quantitative estimate of drug-likeness (QED) is 0.618. The third-order valence-corrected chi connectivity index (χ3v) is 6.05. The maximum atomic E-state index is 12.8. The van der Waals surface area contributed by atoms with Crippen molar-refractivity contribution in [1.29, 1.82) is 0 Å². The lowest BCUT2D eigenvalue weighted by atomic mass is 10.3. The summed E-state index contributed by atoms with van der Waals surface area (Å²) in [6, 6.07) is 0.903. The summed E-state index contributed by atoms with van der Waals surface area (Å²) in [5, 5.41) is 0. The Bertz CT molecular complexity index is 828. The van der Waals surface area contributed by atoms with Crippen LogP contribution in [-0.2, 0) is 19.6 Å². The summed E-state index contributed by atoms with van der Waals surface area (Å²) in [5.74, 6) is -2.98. The first kappa shape index (κ1) is 22.2. The van der Waals surface area contributed by atoms with E-state index in [0.29, 0.717) is 25.9 Å². The third-order valence-electron chi connectivity index (χ3n) is 4.05. The number of nitrogens with zero attached hydrogens (tertiary/aromatic N) is 2. The molecular weight excluding hydrogens is 405 g/mol. The van der Waals surface area contributed by atoms with E-state index in [2.05, 4.69) is 4.74 Å². The van der Waals surface area contributed by atoms with Crippen molar-refractivity contribution < 1.29 is 40.3 Å². The summed E-state index contributed by atoms with van der Waals surface area (Å²) in [5.41, 5.74) is 0. The van der Waals surface area contributed by atoms with Crippen LogP contribution in [0.15, 0.2) is 15.4 Å². The van der Waals surface area contributed by atoms with Crippen LogP contribution in [0.1, 0.15) is 36.1 Å². The van der Waals surface area contributed by atoms with Gasteiger partial charge in [-0.15, -0.1) is 0 Å². The van der Waals surface area contributed by atoms with Crippen molar-refractivity contribution >= 4 is 21.9 Å². The fourth-order valence-electron chi connectivity index (χ4n) is 2.83. The Morgan fingerprint density at radius 3 is 2.43 bits per heavy atom. The summed E-state index contributed by atoms with van der Waals surface area (Å²) in [6.07, 6.45) is -3.38. The molecule has 0 unspecified atom stereocenters. The number of halogens is 3. The van der Waals surface area contributed by atoms with Crippen molar-refractivity contribution in [2.45, 2.75) is 37.8 Å². The summed E-state index contributed by atoms with van der Waals surface area (Å²) in [6.45, 7) is 0.695. The van der Waals surface area contributed by atoms with Crippen molar-refractivity contribution in [3.63, 3.8) is 0 Å². The molecule has 158 valence electrons. The number of alkyl halides is 3. The number of aryl methyl sites for hydroxylation is 1. The number of amides is 1. The Hall–Kier alpha value is -2.08. The molecule has 0 N–H and O–H groups in total. The lowest BCUT2D eigenvalue weighted by Crippen LogP contribution is -2.42. The van der Waals surface area contributed by atoms with Gasteiger partial charge in [0.2, 0.25) is 10.0 Å². The highest BCUT2D eigenvalue weighted by atomic mass is 32.2. The van der Waals surface area contributed by atoms with Crippen LogP contribution in [0.25, 0.3) is 0 Å². The van der Waals surface area contributed by atoms with Crippen molar-refractivity contribution in [3.8, 4) is 0 Å². The van der Waals surface area contributed by atoms with Crippen molar-refractivity contribution in [1.82, 2.24) is 9.21 Å². The minimum atomic E-state index is -4.77. The Morgan fingerprint density at radius 1 is 1.29 bits per heavy atom. The van der Waals surface area contributed by atoms with Gasteiger partial charge in [-0.05, 0) is 26.7 Å². The number of furan rings is 1. The van der Waals surface area contributed by atoms with Gasteiger partial charge in [0.05, 0.1) is 6.61 Å². The van der Waals surface area contributed by atoms with Crippen LogP contribution >= 0.6 is 0 Å². The molecule has 1 saturated heterocycles. The first-order chi connectivity index (χ1) is 13.0. The van der Waals surface area contributed by atoms with E-state index in [0.717, 1.165) is 6.07 Å². The van der Waals surface area contributed by atoms with Crippen molar-refractivity contribution in [2.24, 2.45) is 0 Å². The first-order valence-corrected chi connectivity index (χ1v) is 10.0. The maximum absolute atomic E-state index is 12.8. The van der Waals surface area contributed by atoms with Crippen LogP contribution in [0, 0.1) is 6.92 Å². The number of rotatable bonds is 7. The van der Waals surface area contributed by atoms with Crippen LogP contribution < -0.4 is 0 Å². The van der Waals surface area contributed by atoms with Gasteiger partial charge in [0.1, 0.15) is 23.7 Å². The highest BCUT2D eigenvalue weighted by molar-refractivity contribution is 7.89. The Kier molecular flexibility index (Phi) is 6.75. The predicted molar refractivity (Wildman–Crippen MR) is 90.0 cm³/mol. The van der Waals surface area contributed by atoms with Gasteiger partial charge < -0.3 is 14.1 Å². The van der Waals surface area contributed by atoms with Gasteiger partial charge in [-0.1, -0.05) is 0 Å². The van der Waals surface area contributed by atoms with Gasteiger partial charge in [0, 0.05) is 19.2 Å². The van der Waals surface area contributed by atoms with Gasteiger partial charge in [0.15, 0.2) is 5.76 Å². The number of esters is 1. The number of carbonyl (C=O) groups is 2. The highest BCUT2D eigenvalue weighted by Gasteiger charge is 2.37. The van der Waals surface area contributed by atoms with Gasteiger partial charge in [-0.2, -0.15) is 17.5 Å². The minimum Gasteiger partial charge on any atom is -0.465 e. The standard InChI is InChI=1S/C16H21F3N2O6S/c1-3-26-14(22)9-20(10-16(17,18)19)15(23)12-8-13(11(2)27-12)28(24,25)21-6-4-5-7-21/h8H,3-7,9-10H2,1-2H3. The molecule has 1 amide bonds. The van der Waals surface area contributed by atoms with Gasteiger partial charge in [-0.25, -0.2) is 8.42 Å². The lowest BCUT2D eigenvalue weighted by Gasteiger charge is -2.21. The van der Waals surface area contributed by atoms with E-state index in [1.54, 1.807) is 0 Å². The predicted octanol–water partition coefficient (Wildman–Crippen LogP) is 1.94. The van der Waals surface area contributed by atoms with E-state index in [9.17, 15) is 31.2 Å². The van der Waals surface area contributed by atoms with Gasteiger partial charge >= 0.3 is 12.1 Å². The highest BCUT2D eigenvalue weighted by Crippen LogP contribution is 2.27. The summed E-state index contributed by atoms with van der Waals surface area (Å²) in [4.78, 5) is 24.0. The van der Waals surface area contributed by atoms with E-state index in [1.165, 1.54) is 18.2 Å². The summed E-state index contributed by atoms with van der Waals surface area (Å²) >= 11 is 0. The Balaban J connectivity index is 2.30. The molecule has 1 aliphatic rings. The molecule has 12 heteroatoms. The number of carbonyl (C=O) groups excluding carboxylic acids is 2. The summed E-state index contributed by atoms with van der Waals surface area (Å²) < 4.78 is 74.7. The van der Waals surface area contributed by atoms with E-state index in [4.69, 9.17) is 4.42 Å². The largest absolute Gasteiger partial charge is 0.465 e. The van der Waals surface area contributed by atoms with Gasteiger partial charge in [0.25, 0.3) is 5.91 Å². The zero-order valence-corrected chi connectivity index (χ0v) is 16.2. The van der Waals surface area contributed by atoms with E-state index in [1.807, 2.05) is 0 Å². The molecule has 2 rings (SSSR count). The lowest BCUT2D eigenvalue weighted by molar-refractivity contribution is -0.153. The minimum absolute atomic E-state index is 0.0645. The number of hydrogen-bond donors (Lipinski definition) is 0. The van der Waals surface area contributed by atoms with Crippen LogP contribution in [0.2, 0.25) is 0 Å². The summed E-state index contributed by atoms with van der Waals surface area (Å²) in [7, 11) is -3.92. The third kappa shape index (κ3) is 5.25. The molecule has 1 aliphatic heterocycles. The van der Waals surface area contributed by atoms with Gasteiger partial charge in [-0.3, -0.25) is 9.59 Å². The molecule has 0 bridgehead atoms. The Labute approximate surface area is 160 Å². The fraction of sp³-hybridized carbons (Fsp3) is 0.625. The second-order valence-electron chi connectivity index (χ2n) is 6.22. The first-order valence-electron chi connectivity index (χ1n) is 8.58. The monoisotopic (exact) mass is 426 g/mol. The van der Waals surface area contributed by atoms with Crippen LogP contribution in [0.3, 0.4) is 0 Å². The van der Waals surface area contributed by atoms with Crippen molar-refractivity contribution in [3.05, 3.63) is 17.6 Å². The number of ether oxygens (including phenoxy) is 1. The second-order valence-corrected chi connectivity index (χ2v) is 8.13. The molecule has 1 aromatic heterocycles. The molecule has 8 nitrogen and oxygen atoms in total. The topological polar surface area (TPSA) is 97.1 Å². The molecule has 0 atom stereocenters. The molecule has 0 radical (unpaired) electrons. The smallest absolute Gasteiger partial charge is 0.406 e. The maximum Gasteiger partial charge on any atom is 0.406 e. The fourth-order valence-corrected chi connectivity index (χ4v) is 4.51.